The minimum atomic E-state index is -1.02. The van der Waals surface area contributed by atoms with Crippen molar-refractivity contribution in [2.24, 2.45) is 0 Å². The van der Waals surface area contributed by atoms with E-state index in [1.807, 2.05) is 6.92 Å². The number of hydrogen-bond acceptors (Lipinski definition) is 4. The molecule has 0 saturated carbocycles. The van der Waals surface area contributed by atoms with Gasteiger partial charge >= 0.3 is 5.97 Å². The first kappa shape index (κ1) is 15.8. The SMILES string of the molecule is CCOCCCC(=O)Nc1cc(/C=C/C(=O)O)ccn1. The van der Waals surface area contributed by atoms with E-state index in [1.54, 1.807) is 12.1 Å². The second-order valence-corrected chi connectivity index (χ2v) is 3.99. The van der Waals surface area contributed by atoms with Crippen LogP contribution in [0.5, 0.6) is 0 Å². The third kappa shape index (κ3) is 6.65. The molecule has 0 aliphatic carbocycles. The van der Waals surface area contributed by atoms with Gasteiger partial charge in [0.05, 0.1) is 0 Å². The second kappa shape index (κ2) is 8.82. The van der Waals surface area contributed by atoms with Crippen molar-refractivity contribution in [2.75, 3.05) is 18.5 Å². The second-order valence-electron chi connectivity index (χ2n) is 3.99. The molecule has 20 heavy (non-hydrogen) atoms. The fourth-order valence-electron chi connectivity index (χ4n) is 1.47. The molecule has 0 fully saturated rings. The summed E-state index contributed by atoms with van der Waals surface area (Å²) >= 11 is 0. The van der Waals surface area contributed by atoms with Crippen LogP contribution in [0, 0.1) is 0 Å². The fourth-order valence-corrected chi connectivity index (χ4v) is 1.47. The number of aliphatic carboxylic acids is 1. The molecule has 0 spiro atoms. The maximum Gasteiger partial charge on any atom is 0.328 e. The van der Waals surface area contributed by atoms with Crippen LogP contribution in [0.4, 0.5) is 5.82 Å². The average Bonchev–Trinajstić information content (AvgIpc) is 2.42. The Hall–Kier alpha value is -2.21. The van der Waals surface area contributed by atoms with E-state index in [1.165, 1.54) is 12.3 Å². The van der Waals surface area contributed by atoms with Crippen LogP contribution in [0.3, 0.4) is 0 Å². The van der Waals surface area contributed by atoms with E-state index in [2.05, 4.69) is 10.3 Å². The van der Waals surface area contributed by atoms with Crippen LogP contribution in [-0.2, 0) is 14.3 Å². The molecule has 108 valence electrons. The van der Waals surface area contributed by atoms with Crippen LogP contribution in [0.2, 0.25) is 0 Å². The third-order valence-corrected chi connectivity index (χ3v) is 2.37. The van der Waals surface area contributed by atoms with Crippen molar-refractivity contribution in [3.05, 3.63) is 30.0 Å². The van der Waals surface area contributed by atoms with Gasteiger partial charge in [-0.2, -0.15) is 0 Å². The van der Waals surface area contributed by atoms with Gasteiger partial charge < -0.3 is 15.2 Å². The zero-order valence-electron chi connectivity index (χ0n) is 11.3. The Balaban J connectivity index is 2.49. The number of pyridine rings is 1. The topological polar surface area (TPSA) is 88.5 Å². The highest BCUT2D eigenvalue weighted by molar-refractivity contribution is 5.90. The summed E-state index contributed by atoms with van der Waals surface area (Å²) in [6.07, 6.45) is 4.99. The molecule has 1 aromatic rings. The van der Waals surface area contributed by atoms with Crippen molar-refractivity contribution in [1.29, 1.82) is 0 Å². The predicted octanol–water partition coefficient (Wildman–Crippen LogP) is 1.93. The van der Waals surface area contributed by atoms with E-state index in [9.17, 15) is 9.59 Å². The molecular formula is C14H18N2O4. The number of carboxylic acids is 1. The minimum Gasteiger partial charge on any atom is -0.478 e. The van der Waals surface area contributed by atoms with Gasteiger partial charge in [-0.15, -0.1) is 0 Å². The number of amides is 1. The maximum atomic E-state index is 11.6. The lowest BCUT2D eigenvalue weighted by Gasteiger charge is -2.05. The molecule has 1 rings (SSSR count). The molecule has 0 bridgehead atoms. The minimum absolute atomic E-state index is 0.142. The van der Waals surface area contributed by atoms with Gasteiger partial charge in [-0.3, -0.25) is 4.79 Å². The van der Waals surface area contributed by atoms with Crippen LogP contribution in [0.15, 0.2) is 24.4 Å². The molecule has 1 aromatic heterocycles. The molecule has 0 atom stereocenters. The number of carboxylic acid groups (broad SMARTS) is 1. The van der Waals surface area contributed by atoms with Gasteiger partial charge in [-0.1, -0.05) is 0 Å². The maximum absolute atomic E-state index is 11.6. The largest absolute Gasteiger partial charge is 0.478 e. The molecule has 6 heteroatoms. The molecule has 0 unspecified atom stereocenters. The zero-order chi connectivity index (χ0) is 14.8. The Labute approximate surface area is 117 Å². The van der Waals surface area contributed by atoms with E-state index in [0.29, 0.717) is 37.4 Å². The number of aromatic nitrogens is 1. The average molecular weight is 278 g/mol. The normalized spacial score (nSPS) is 10.7. The molecule has 2 N–H and O–H groups in total. The van der Waals surface area contributed by atoms with Gasteiger partial charge in [0.2, 0.25) is 5.91 Å². The Bertz CT molecular complexity index is 486. The summed E-state index contributed by atoms with van der Waals surface area (Å²) in [5.41, 5.74) is 0.659. The Kier molecular flexibility index (Phi) is 6.99. The first-order valence-electron chi connectivity index (χ1n) is 6.36. The molecule has 6 nitrogen and oxygen atoms in total. The summed E-state index contributed by atoms with van der Waals surface area (Å²) < 4.78 is 5.15. The van der Waals surface area contributed by atoms with Crippen LogP contribution in [0.25, 0.3) is 6.08 Å². The van der Waals surface area contributed by atoms with Gasteiger partial charge in [-0.05, 0) is 37.1 Å². The first-order valence-corrected chi connectivity index (χ1v) is 6.36. The number of hydrogen-bond donors (Lipinski definition) is 2. The lowest BCUT2D eigenvalue weighted by Crippen LogP contribution is -2.13. The van der Waals surface area contributed by atoms with E-state index in [4.69, 9.17) is 9.84 Å². The van der Waals surface area contributed by atoms with Gasteiger partial charge in [0.25, 0.3) is 0 Å². The van der Waals surface area contributed by atoms with Crippen molar-refractivity contribution in [3.63, 3.8) is 0 Å². The molecule has 0 aliphatic rings. The first-order chi connectivity index (χ1) is 9.61. The quantitative estimate of drug-likeness (QED) is 0.560. The van der Waals surface area contributed by atoms with Crippen LogP contribution in [0.1, 0.15) is 25.3 Å². The van der Waals surface area contributed by atoms with E-state index in [0.717, 1.165) is 6.08 Å². The lowest BCUT2D eigenvalue weighted by atomic mass is 10.2. The van der Waals surface area contributed by atoms with Crippen LogP contribution < -0.4 is 5.32 Å². The Morgan fingerprint density at radius 2 is 2.30 bits per heavy atom. The van der Waals surface area contributed by atoms with Gasteiger partial charge in [0, 0.05) is 31.9 Å². The highest BCUT2D eigenvalue weighted by Gasteiger charge is 2.03. The fraction of sp³-hybridized carbons (Fsp3) is 0.357. The number of nitrogens with zero attached hydrogens (tertiary/aromatic N) is 1. The third-order valence-electron chi connectivity index (χ3n) is 2.37. The van der Waals surface area contributed by atoms with Crippen molar-refractivity contribution in [1.82, 2.24) is 4.98 Å². The number of ether oxygens (including phenoxy) is 1. The van der Waals surface area contributed by atoms with E-state index >= 15 is 0 Å². The monoisotopic (exact) mass is 278 g/mol. The van der Waals surface area contributed by atoms with Crippen LogP contribution >= 0.6 is 0 Å². The molecule has 0 saturated heterocycles. The molecule has 1 amide bonds. The summed E-state index contributed by atoms with van der Waals surface area (Å²) in [6, 6.07) is 3.27. The number of carbonyl (C=O) groups is 2. The molecule has 0 radical (unpaired) electrons. The summed E-state index contributed by atoms with van der Waals surface area (Å²) in [5, 5.41) is 11.2. The summed E-state index contributed by atoms with van der Waals surface area (Å²) in [5.74, 6) is -0.765. The molecule has 0 aromatic carbocycles. The highest BCUT2D eigenvalue weighted by Crippen LogP contribution is 2.09. The zero-order valence-corrected chi connectivity index (χ0v) is 11.3. The van der Waals surface area contributed by atoms with E-state index in [-0.39, 0.29) is 5.91 Å². The van der Waals surface area contributed by atoms with Crippen LogP contribution in [-0.4, -0.2) is 35.2 Å². The Morgan fingerprint density at radius 1 is 1.50 bits per heavy atom. The predicted molar refractivity (Wildman–Crippen MR) is 75.3 cm³/mol. The van der Waals surface area contributed by atoms with Gasteiger partial charge in [0.15, 0.2) is 0 Å². The van der Waals surface area contributed by atoms with Crippen molar-refractivity contribution < 1.29 is 19.4 Å². The summed E-state index contributed by atoms with van der Waals surface area (Å²) in [6.45, 7) is 3.10. The summed E-state index contributed by atoms with van der Waals surface area (Å²) in [7, 11) is 0. The molecule has 1 heterocycles. The molecule has 0 aliphatic heterocycles. The standard InChI is InChI=1S/C14H18N2O4/c1-2-20-9-3-4-13(17)16-12-10-11(7-8-15-12)5-6-14(18)19/h5-8,10H,2-4,9H2,1H3,(H,18,19)(H,15,16,17)/b6-5+. The molecular weight excluding hydrogens is 260 g/mol. The van der Waals surface area contributed by atoms with Gasteiger partial charge in [-0.25, -0.2) is 9.78 Å². The highest BCUT2D eigenvalue weighted by atomic mass is 16.5. The lowest BCUT2D eigenvalue weighted by molar-refractivity contribution is -0.131. The number of carbonyl (C=O) groups excluding carboxylic acids is 1. The number of anilines is 1. The number of rotatable bonds is 8. The van der Waals surface area contributed by atoms with Crippen molar-refractivity contribution in [3.8, 4) is 0 Å². The van der Waals surface area contributed by atoms with E-state index < -0.39 is 5.97 Å². The van der Waals surface area contributed by atoms with Crippen molar-refractivity contribution in [2.45, 2.75) is 19.8 Å². The smallest absolute Gasteiger partial charge is 0.328 e. The van der Waals surface area contributed by atoms with Gasteiger partial charge in [0.1, 0.15) is 5.82 Å². The number of nitrogens with one attached hydrogen (secondary N) is 1. The van der Waals surface area contributed by atoms with Crippen molar-refractivity contribution >= 4 is 23.8 Å². The Morgan fingerprint density at radius 3 is 3.00 bits per heavy atom. The summed E-state index contributed by atoms with van der Waals surface area (Å²) in [4.78, 5) is 26.1.